The molecule has 1 amide bonds. The maximum atomic E-state index is 11.6. The normalized spacial score (nSPS) is 14.5. The van der Waals surface area contributed by atoms with Crippen LogP contribution >= 0.6 is 27.7 Å². The monoisotopic (exact) mass is 307 g/mol. The largest absolute Gasteiger partial charge is 0.444 e. The first kappa shape index (κ1) is 13.6. The third kappa shape index (κ3) is 4.19. The molecule has 1 heterocycles. The highest BCUT2D eigenvalue weighted by Gasteiger charge is 2.21. The van der Waals surface area contributed by atoms with Crippen molar-refractivity contribution in [2.45, 2.75) is 12.5 Å². The molecule has 0 fully saturated rings. The van der Waals surface area contributed by atoms with E-state index < -0.39 is 5.60 Å². The van der Waals surface area contributed by atoms with Crippen LogP contribution in [0.15, 0.2) is 21.2 Å². The standard InChI is InChI=1S/C10H14BrNO3S/c1-10(14,6-16-2)5-12-9(13)7-3-4-8(11)15-7/h3-4,14H,5-6H2,1-2H3,(H,12,13). The number of carbonyl (C=O) groups is 1. The fourth-order valence-corrected chi connectivity index (χ4v) is 2.19. The first-order valence-corrected chi connectivity index (χ1v) is 6.88. The molecule has 2 N–H and O–H groups in total. The van der Waals surface area contributed by atoms with Crippen LogP contribution in [-0.2, 0) is 0 Å². The van der Waals surface area contributed by atoms with E-state index >= 15 is 0 Å². The molecule has 0 aliphatic heterocycles. The molecule has 90 valence electrons. The minimum absolute atomic E-state index is 0.199. The Bertz CT molecular complexity index is 365. The first-order chi connectivity index (χ1) is 7.44. The zero-order valence-corrected chi connectivity index (χ0v) is 11.5. The molecule has 0 aromatic carbocycles. The Labute approximate surface area is 107 Å². The fraction of sp³-hybridized carbons (Fsp3) is 0.500. The van der Waals surface area contributed by atoms with Crippen molar-refractivity contribution < 1.29 is 14.3 Å². The molecule has 1 atom stereocenters. The van der Waals surface area contributed by atoms with Crippen molar-refractivity contribution in [3.05, 3.63) is 22.6 Å². The van der Waals surface area contributed by atoms with Gasteiger partial charge in [-0.05, 0) is 41.2 Å². The van der Waals surface area contributed by atoms with Gasteiger partial charge in [-0.15, -0.1) is 0 Å². The minimum atomic E-state index is -0.904. The summed E-state index contributed by atoms with van der Waals surface area (Å²) < 4.78 is 5.60. The van der Waals surface area contributed by atoms with Gasteiger partial charge in [0.15, 0.2) is 10.4 Å². The second kappa shape index (κ2) is 5.75. The summed E-state index contributed by atoms with van der Waals surface area (Å²) in [5.41, 5.74) is -0.904. The molecular weight excluding hydrogens is 294 g/mol. The third-order valence-corrected chi connectivity index (χ3v) is 3.22. The second-order valence-corrected chi connectivity index (χ2v) is 5.36. The molecular formula is C10H14BrNO3S. The van der Waals surface area contributed by atoms with E-state index in [1.54, 1.807) is 19.1 Å². The van der Waals surface area contributed by atoms with Gasteiger partial charge in [0.25, 0.3) is 5.91 Å². The highest BCUT2D eigenvalue weighted by atomic mass is 79.9. The van der Waals surface area contributed by atoms with Crippen LogP contribution < -0.4 is 5.32 Å². The Hall–Kier alpha value is -0.460. The molecule has 0 aliphatic rings. The van der Waals surface area contributed by atoms with Gasteiger partial charge in [-0.3, -0.25) is 4.79 Å². The van der Waals surface area contributed by atoms with Crippen LogP contribution in [0.2, 0.25) is 0 Å². The summed E-state index contributed by atoms with van der Waals surface area (Å²) in [4.78, 5) is 11.6. The van der Waals surface area contributed by atoms with E-state index in [9.17, 15) is 9.90 Å². The number of furan rings is 1. The van der Waals surface area contributed by atoms with Gasteiger partial charge in [0.2, 0.25) is 0 Å². The van der Waals surface area contributed by atoms with Crippen LogP contribution in [0.5, 0.6) is 0 Å². The number of hydrogen-bond donors (Lipinski definition) is 2. The van der Waals surface area contributed by atoms with Gasteiger partial charge in [0.1, 0.15) is 0 Å². The molecule has 6 heteroatoms. The van der Waals surface area contributed by atoms with E-state index in [0.717, 1.165) is 0 Å². The molecule has 0 saturated carbocycles. The lowest BCUT2D eigenvalue weighted by molar-refractivity contribution is 0.0709. The summed E-state index contributed by atoms with van der Waals surface area (Å²) in [5.74, 6) is 0.466. The lowest BCUT2D eigenvalue weighted by atomic mass is 10.1. The molecule has 0 radical (unpaired) electrons. The highest BCUT2D eigenvalue weighted by molar-refractivity contribution is 9.10. The number of hydrogen-bond acceptors (Lipinski definition) is 4. The topological polar surface area (TPSA) is 62.5 Å². The predicted octanol–water partition coefficient (Wildman–Crippen LogP) is 1.89. The number of nitrogens with one attached hydrogen (secondary N) is 1. The minimum Gasteiger partial charge on any atom is -0.444 e. The van der Waals surface area contributed by atoms with Crippen molar-refractivity contribution in [3.63, 3.8) is 0 Å². The molecule has 1 unspecified atom stereocenters. The number of halogens is 1. The molecule has 0 saturated heterocycles. The van der Waals surface area contributed by atoms with E-state index in [2.05, 4.69) is 21.2 Å². The number of aliphatic hydroxyl groups is 1. The average molecular weight is 308 g/mol. The Morgan fingerprint density at radius 2 is 2.38 bits per heavy atom. The van der Waals surface area contributed by atoms with Crippen molar-refractivity contribution >= 4 is 33.6 Å². The number of carbonyl (C=O) groups excluding carboxylic acids is 1. The third-order valence-electron chi connectivity index (χ3n) is 1.88. The van der Waals surface area contributed by atoms with Crippen LogP contribution in [0.4, 0.5) is 0 Å². The Balaban J connectivity index is 2.47. The summed E-state index contributed by atoms with van der Waals surface area (Å²) >= 11 is 4.64. The Kier molecular flexibility index (Phi) is 4.89. The molecule has 0 spiro atoms. The summed E-state index contributed by atoms with van der Waals surface area (Å²) in [6.07, 6.45) is 1.90. The smallest absolute Gasteiger partial charge is 0.287 e. The maximum Gasteiger partial charge on any atom is 0.287 e. The van der Waals surface area contributed by atoms with Gasteiger partial charge in [-0.2, -0.15) is 11.8 Å². The summed E-state index contributed by atoms with van der Waals surface area (Å²) in [7, 11) is 0. The maximum absolute atomic E-state index is 11.6. The van der Waals surface area contributed by atoms with Crippen molar-refractivity contribution in [2.75, 3.05) is 18.6 Å². The Morgan fingerprint density at radius 1 is 1.69 bits per heavy atom. The molecule has 1 rings (SSSR count). The van der Waals surface area contributed by atoms with Gasteiger partial charge in [0.05, 0.1) is 5.60 Å². The predicted molar refractivity (Wildman–Crippen MR) is 67.7 cm³/mol. The molecule has 1 aromatic heterocycles. The lowest BCUT2D eigenvalue weighted by Gasteiger charge is -2.22. The number of thioether (sulfide) groups is 1. The van der Waals surface area contributed by atoms with E-state index in [-0.39, 0.29) is 18.2 Å². The van der Waals surface area contributed by atoms with Gasteiger partial charge < -0.3 is 14.8 Å². The Morgan fingerprint density at radius 3 is 2.88 bits per heavy atom. The highest BCUT2D eigenvalue weighted by Crippen LogP contribution is 2.14. The van der Waals surface area contributed by atoms with Crippen LogP contribution in [0.1, 0.15) is 17.5 Å². The van der Waals surface area contributed by atoms with Crippen molar-refractivity contribution in [1.82, 2.24) is 5.32 Å². The molecule has 1 aromatic rings. The molecule has 0 bridgehead atoms. The van der Waals surface area contributed by atoms with E-state index in [4.69, 9.17) is 4.42 Å². The van der Waals surface area contributed by atoms with Crippen LogP contribution in [-0.4, -0.2) is 35.2 Å². The number of amides is 1. The second-order valence-electron chi connectivity index (χ2n) is 3.72. The lowest BCUT2D eigenvalue weighted by Crippen LogP contribution is -2.42. The fourth-order valence-electron chi connectivity index (χ4n) is 1.16. The van der Waals surface area contributed by atoms with Crippen LogP contribution in [0, 0.1) is 0 Å². The first-order valence-electron chi connectivity index (χ1n) is 4.69. The quantitative estimate of drug-likeness (QED) is 0.872. The zero-order valence-electron chi connectivity index (χ0n) is 9.12. The summed E-state index contributed by atoms with van der Waals surface area (Å²) in [5, 5.41) is 12.5. The molecule has 0 aliphatic carbocycles. The van der Waals surface area contributed by atoms with E-state index in [0.29, 0.717) is 10.4 Å². The van der Waals surface area contributed by atoms with Gasteiger partial charge in [0, 0.05) is 12.3 Å². The van der Waals surface area contributed by atoms with E-state index in [1.165, 1.54) is 11.8 Å². The van der Waals surface area contributed by atoms with Crippen molar-refractivity contribution in [3.8, 4) is 0 Å². The van der Waals surface area contributed by atoms with Crippen LogP contribution in [0.3, 0.4) is 0 Å². The molecule has 4 nitrogen and oxygen atoms in total. The SMILES string of the molecule is CSCC(C)(O)CNC(=O)c1ccc(Br)o1. The summed E-state index contributed by atoms with van der Waals surface area (Å²) in [6.45, 7) is 1.88. The van der Waals surface area contributed by atoms with Crippen molar-refractivity contribution in [1.29, 1.82) is 0 Å². The van der Waals surface area contributed by atoms with Gasteiger partial charge >= 0.3 is 0 Å². The van der Waals surface area contributed by atoms with Gasteiger partial charge in [-0.1, -0.05) is 0 Å². The molecule has 16 heavy (non-hydrogen) atoms. The average Bonchev–Trinajstić information content (AvgIpc) is 2.61. The van der Waals surface area contributed by atoms with Crippen LogP contribution in [0.25, 0.3) is 0 Å². The van der Waals surface area contributed by atoms with E-state index in [1.807, 2.05) is 6.26 Å². The number of rotatable bonds is 5. The zero-order chi connectivity index (χ0) is 12.2. The summed E-state index contributed by atoms with van der Waals surface area (Å²) in [6, 6.07) is 3.22. The van der Waals surface area contributed by atoms with Gasteiger partial charge in [-0.25, -0.2) is 0 Å². The van der Waals surface area contributed by atoms with Crippen molar-refractivity contribution in [2.24, 2.45) is 0 Å².